The Labute approximate surface area is 133 Å². The number of imidazole rings is 1. The van der Waals surface area contributed by atoms with Gasteiger partial charge in [0.25, 0.3) is 0 Å². The number of hydrogen-bond acceptors (Lipinski definition) is 2. The van der Waals surface area contributed by atoms with Crippen molar-refractivity contribution in [1.82, 2.24) is 9.55 Å². The van der Waals surface area contributed by atoms with E-state index in [0.717, 1.165) is 16.7 Å². The second-order valence-corrected chi connectivity index (χ2v) is 6.12. The molecule has 0 bridgehead atoms. The molecule has 108 valence electrons. The molecule has 0 atom stereocenters. The number of fused-ring (bicyclic) bond motifs is 1. The third kappa shape index (κ3) is 2.45. The Kier molecular flexibility index (Phi) is 3.51. The van der Waals surface area contributed by atoms with Gasteiger partial charge in [-0.2, -0.15) is 0 Å². The van der Waals surface area contributed by atoms with E-state index in [9.17, 15) is 0 Å². The Hall–Kier alpha value is -1.78. The molecule has 0 amide bonds. The maximum Gasteiger partial charge on any atom is 0.182 e. The van der Waals surface area contributed by atoms with E-state index in [2.05, 4.69) is 35.0 Å². The number of nitrogens with zero attached hydrogens (tertiary/aromatic N) is 2. The van der Waals surface area contributed by atoms with Crippen molar-refractivity contribution >= 4 is 40.5 Å². The zero-order valence-electron chi connectivity index (χ0n) is 12.1. The molecule has 0 aliphatic carbocycles. The van der Waals surface area contributed by atoms with E-state index in [-0.39, 0.29) is 0 Å². The molecule has 0 aliphatic heterocycles. The summed E-state index contributed by atoms with van der Waals surface area (Å²) in [6.45, 7) is 2.10. The molecule has 3 rings (SSSR count). The van der Waals surface area contributed by atoms with Crippen molar-refractivity contribution in [3.8, 4) is 5.69 Å². The smallest absolute Gasteiger partial charge is 0.182 e. The number of aryl methyl sites for hydroxylation is 1. The van der Waals surface area contributed by atoms with Crippen molar-refractivity contribution in [2.24, 2.45) is 0 Å². The second-order valence-electron chi connectivity index (χ2n) is 5.29. The van der Waals surface area contributed by atoms with Crippen LogP contribution in [0.4, 0.5) is 5.69 Å². The predicted molar refractivity (Wildman–Crippen MR) is 92.5 cm³/mol. The molecule has 0 aliphatic rings. The number of hydrogen-bond donors (Lipinski definition) is 1. The monoisotopic (exact) mass is 317 g/mol. The summed E-state index contributed by atoms with van der Waals surface area (Å²) in [6, 6.07) is 12.1. The lowest BCUT2D eigenvalue weighted by Crippen LogP contribution is -2.11. The molecule has 1 N–H and O–H groups in total. The predicted octanol–water partition coefficient (Wildman–Crippen LogP) is 4.72. The summed E-state index contributed by atoms with van der Waals surface area (Å²) in [4.78, 5) is 5.32. The summed E-state index contributed by atoms with van der Waals surface area (Å²) < 4.78 is 2.68. The topological polar surface area (TPSA) is 24.0 Å². The molecule has 0 saturated heterocycles. The largest absolute Gasteiger partial charge is 0.377 e. The zero-order valence-corrected chi connectivity index (χ0v) is 13.7. The third-order valence-corrected chi connectivity index (χ3v) is 4.10. The SMILES string of the molecule is Cc1ccc(-n2c(=S)[nH]c3ccc(Cl)cc32)cc1N(C)C. The van der Waals surface area contributed by atoms with Crippen molar-refractivity contribution in [1.29, 1.82) is 0 Å². The Morgan fingerprint density at radius 1 is 1.14 bits per heavy atom. The highest BCUT2D eigenvalue weighted by molar-refractivity contribution is 7.71. The second kappa shape index (κ2) is 5.20. The molecular formula is C16H16ClN3S. The molecule has 3 aromatic rings. The van der Waals surface area contributed by atoms with E-state index < -0.39 is 0 Å². The summed E-state index contributed by atoms with van der Waals surface area (Å²) in [6.07, 6.45) is 0. The van der Waals surface area contributed by atoms with Crippen LogP contribution in [0.15, 0.2) is 36.4 Å². The number of anilines is 1. The Balaban J connectivity index is 2.30. The highest BCUT2D eigenvalue weighted by Crippen LogP contribution is 2.26. The maximum absolute atomic E-state index is 6.12. The van der Waals surface area contributed by atoms with E-state index in [1.807, 2.05) is 36.9 Å². The molecular weight excluding hydrogens is 302 g/mol. The van der Waals surface area contributed by atoms with Gasteiger partial charge in [0.15, 0.2) is 4.77 Å². The number of H-pyrrole nitrogens is 1. The van der Waals surface area contributed by atoms with Gasteiger partial charge in [-0.15, -0.1) is 0 Å². The standard InChI is InChI=1S/C16H16ClN3S/c1-10-4-6-12(9-14(10)19(2)3)20-15-8-11(17)5-7-13(15)18-16(20)21/h4-9H,1-3H3,(H,18,21). The normalized spacial score (nSPS) is 11.0. The Morgan fingerprint density at radius 2 is 1.90 bits per heavy atom. The molecule has 0 saturated carbocycles. The van der Waals surface area contributed by atoms with Crippen LogP contribution in [0.3, 0.4) is 0 Å². The summed E-state index contributed by atoms with van der Waals surface area (Å²) in [5.74, 6) is 0. The lowest BCUT2D eigenvalue weighted by atomic mass is 10.1. The van der Waals surface area contributed by atoms with Crippen LogP contribution in [-0.4, -0.2) is 23.6 Å². The fourth-order valence-electron chi connectivity index (χ4n) is 2.55. The zero-order chi connectivity index (χ0) is 15.1. The first kappa shape index (κ1) is 14.2. The van der Waals surface area contributed by atoms with Gasteiger partial charge < -0.3 is 9.88 Å². The first-order chi connectivity index (χ1) is 9.97. The van der Waals surface area contributed by atoms with Crippen LogP contribution in [-0.2, 0) is 0 Å². The van der Waals surface area contributed by atoms with E-state index in [4.69, 9.17) is 23.8 Å². The lowest BCUT2D eigenvalue weighted by molar-refractivity contribution is 1.05. The van der Waals surface area contributed by atoms with Gasteiger partial charge in [-0.1, -0.05) is 17.7 Å². The van der Waals surface area contributed by atoms with Gasteiger partial charge >= 0.3 is 0 Å². The molecule has 1 heterocycles. The number of nitrogens with one attached hydrogen (secondary N) is 1. The Bertz CT molecular complexity index is 877. The van der Waals surface area contributed by atoms with Crippen molar-refractivity contribution in [3.05, 3.63) is 51.8 Å². The average Bonchev–Trinajstić information content (AvgIpc) is 2.74. The van der Waals surface area contributed by atoms with Crippen LogP contribution < -0.4 is 4.90 Å². The molecule has 0 spiro atoms. The Morgan fingerprint density at radius 3 is 2.62 bits per heavy atom. The minimum atomic E-state index is 0.667. The first-order valence-corrected chi connectivity index (χ1v) is 7.44. The highest BCUT2D eigenvalue weighted by atomic mass is 35.5. The summed E-state index contributed by atoms with van der Waals surface area (Å²) >= 11 is 11.6. The summed E-state index contributed by atoms with van der Waals surface area (Å²) in [5.41, 5.74) is 5.40. The number of aromatic nitrogens is 2. The minimum Gasteiger partial charge on any atom is -0.377 e. The fraction of sp³-hybridized carbons (Fsp3) is 0.188. The van der Waals surface area contributed by atoms with Gasteiger partial charge in [0.1, 0.15) is 0 Å². The van der Waals surface area contributed by atoms with Gasteiger partial charge in [0, 0.05) is 24.8 Å². The van der Waals surface area contributed by atoms with Crippen LogP contribution in [0.2, 0.25) is 5.02 Å². The van der Waals surface area contributed by atoms with Crippen molar-refractivity contribution < 1.29 is 0 Å². The number of benzene rings is 2. The lowest BCUT2D eigenvalue weighted by Gasteiger charge is -2.17. The molecule has 0 radical (unpaired) electrons. The molecule has 2 aromatic carbocycles. The molecule has 3 nitrogen and oxygen atoms in total. The molecule has 5 heteroatoms. The van der Waals surface area contributed by atoms with Crippen LogP contribution in [0.5, 0.6) is 0 Å². The van der Waals surface area contributed by atoms with Crippen molar-refractivity contribution in [2.45, 2.75) is 6.92 Å². The number of halogens is 1. The van der Waals surface area contributed by atoms with Gasteiger partial charge in [0.2, 0.25) is 0 Å². The summed E-state index contributed by atoms with van der Waals surface area (Å²) in [7, 11) is 4.08. The molecule has 1 aromatic heterocycles. The van der Waals surface area contributed by atoms with Gasteiger partial charge in [-0.25, -0.2) is 0 Å². The number of aromatic amines is 1. The fourth-order valence-corrected chi connectivity index (χ4v) is 3.03. The first-order valence-electron chi connectivity index (χ1n) is 6.66. The van der Waals surface area contributed by atoms with Crippen LogP contribution in [0.1, 0.15) is 5.56 Å². The highest BCUT2D eigenvalue weighted by Gasteiger charge is 2.09. The van der Waals surface area contributed by atoms with Gasteiger partial charge in [-0.3, -0.25) is 4.57 Å². The molecule has 0 fully saturated rings. The van der Waals surface area contributed by atoms with Gasteiger partial charge in [0.05, 0.1) is 16.7 Å². The quantitative estimate of drug-likeness (QED) is 0.692. The minimum absolute atomic E-state index is 0.667. The summed E-state index contributed by atoms with van der Waals surface area (Å²) in [5, 5.41) is 0.699. The van der Waals surface area contributed by atoms with Gasteiger partial charge in [-0.05, 0) is 55.0 Å². The van der Waals surface area contributed by atoms with E-state index in [1.54, 1.807) is 0 Å². The number of rotatable bonds is 2. The van der Waals surface area contributed by atoms with Crippen LogP contribution in [0.25, 0.3) is 16.7 Å². The maximum atomic E-state index is 6.12. The van der Waals surface area contributed by atoms with E-state index >= 15 is 0 Å². The van der Waals surface area contributed by atoms with Crippen LogP contribution >= 0.6 is 23.8 Å². The van der Waals surface area contributed by atoms with E-state index in [1.165, 1.54) is 11.3 Å². The molecule has 21 heavy (non-hydrogen) atoms. The molecule has 0 unspecified atom stereocenters. The van der Waals surface area contributed by atoms with Crippen LogP contribution in [0, 0.1) is 11.7 Å². The average molecular weight is 318 g/mol. The van der Waals surface area contributed by atoms with Crippen molar-refractivity contribution in [2.75, 3.05) is 19.0 Å². The van der Waals surface area contributed by atoms with Crippen molar-refractivity contribution in [3.63, 3.8) is 0 Å². The third-order valence-electron chi connectivity index (χ3n) is 3.58. The van der Waals surface area contributed by atoms with E-state index in [0.29, 0.717) is 9.79 Å².